The van der Waals surface area contributed by atoms with E-state index in [1.165, 1.54) is 18.2 Å². The number of carbonyl (C=O) groups excluding carboxylic acids is 2. The lowest BCUT2D eigenvalue weighted by Gasteiger charge is -2.00. The molecule has 0 aliphatic carbocycles. The van der Waals surface area contributed by atoms with Crippen LogP contribution >= 0.6 is 0 Å². The SMILES string of the molecule is COCCCC(=O)CCCC(=O)c1cc(-c2ccc(F)cc2)on1. The van der Waals surface area contributed by atoms with Crippen LogP contribution in [0.3, 0.4) is 0 Å². The number of ketones is 2. The second-order valence-electron chi connectivity index (χ2n) is 5.50. The van der Waals surface area contributed by atoms with E-state index < -0.39 is 0 Å². The Balaban J connectivity index is 1.81. The monoisotopic (exact) mass is 333 g/mol. The molecule has 0 spiro atoms. The fourth-order valence-electron chi connectivity index (χ4n) is 2.27. The Morgan fingerprint density at radius 2 is 1.83 bits per heavy atom. The van der Waals surface area contributed by atoms with Crippen molar-refractivity contribution in [3.8, 4) is 11.3 Å². The highest BCUT2D eigenvalue weighted by atomic mass is 19.1. The maximum Gasteiger partial charge on any atom is 0.184 e. The summed E-state index contributed by atoms with van der Waals surface area (Å²) in [4.78, 5) is 23.7. The fraction of sp³-hybridized carbons (Fsp3) is 0.389. The molecule has 0 amide bonds. The largest absolute Gasteiger partial charge is 0.385 e. The minimum absolute atomic E-state index is 0.131. The third kappa shape index (κ3) is 5.38. The Morgan fingerprint density at radius 3 is 2.54 bits per heavy atom. The Kier molecular flexibility index (Phi) is 6.81. The molecule has 6 heteroatoms. The molecule has 0 bridgehead atoms. The number of methoxy groups -OCH3 is 1. The zero-order valence-corrected chi connectivity index (χ0v) is 13.6. The van der Waals surface area contributed by atoms with E-state index in [1.54, 1.807) is 19.2 Å². The maximum absolute atomic E-state index is 12.9. The number of carbonyl (C=O) groups is 2. The number of ether oxygens (including phenoxy) is 1. The molecule has 5 nitrogen and oxygen atoms in total. The van der Waals surface area contributed by atoms with Crippen molar-refractivity contribution < 1.29 is 23.2 Å². The predicted octanol–water partition coefficient (Wildman–Crippen LogP) is 3.83. The lowest BCUT2D eigenvalue weighted by Crippen LogP contribution is -2.04. The van der Waals surface area contributed by atoms with Gasteiger partial charge in [-0.25, -0.2) is 4.39 Å². The van der Waals surface area contributed by atoms with Crippen LogP contribution in [0.5, 0.6) is 0 Å². The topological polar surface area (TPSA) is 69.4 Å². The number of aromatic nitrogens is 1. The van der Waals surface area contributed by atoms with Crippen LogP contribution < -0.4 is 0 Å². The summed E-state index contributed by atoms with van der Waals surface area (Å²) < 4.78 is 22.9. The Labute approximate surface area is 139 Å². The number of benzene rings is 1. The average Bonchev–Trinajstić information content (AvgIpc) is 3.06. The number of Topliss-reactive ketones (excluding diaryl/α,β-unsaturated/α-hetero) is 2. The van der Waals surface area contributed by atoms with Crippen LogP contribution in [-0.2, 0) is 9.53 Å². The molecule has 2 aromatic rings. The predicted molar refractivity (Wildman–Crippen MR) is 86.2 cm³/mol. The molecule has 1 aromatic heterocycles. The summed E-state index contributed by atoms with van der Waals surface area (Å²) in [7, 11) is 1.60. The van der Waals surface area contributed by atoms with Gasteiger partial charge in [-0.3, -0.25) is 9.59 Å². The van der Waals surface area contributed by atoms with Crippen LogP contribution in [0.2, 0.25) is 0 Å². The van der Waals surface area contributed by atoms with Gasteiger partial charge >= 0.3 is 0 Å². The lowest BCUT2D eigenvalue weighted by molar-refractivity contribution is -0.119. The fourth-order valence-corrected chi connectivity index (χ4v) is 2.27. The zero-order valence-electron chi connectivity index (χ0n) is 13.6. The van der Waals surface area contributed by atoms with Crippen molar-refractivity contribution in [2.45, 2.75) is 32.1 Å². The van der Waals surface area contributed by atoms with E-state index in [1.807, 2.05) is 0 Å². The van der Waals surface area contributed by atoms with Crippen molar-refractivity contribution in [3.63, 3.8) is 0 Å². The summed E-state index contributed by atoms with van der Waals surface area (Å²) in [6.07, 6.45) is 2.28. The molecular weight excluding hydrogens is 313 g/mol. The number of hydrogen-bond acceptors (Lipinski definition) is 5. The van der Waals surface area contributed by atoms with Crippen LogP contribution in [0.25, 0.3) is 11.3 Å². The van der Waals surface area contributed by atoms with Crippen LogP contribution in [-0.4, -0.2) is 30.4 Å². The Bertz CT molecular complexity index is 679. The summed E-state index contributed by atoms with van der Waals surface area (Å²) in [5, 5.41) is 3.75. The van der Waals surface area contributed by atoms with Gasteiger partial charge in [-0.05, 0) is 37.1 Å². The molecule has 24 heavy (non-hydrogen) atoms. The van der Waals surface area contributed by atoms with E-state index in [9.17, 15) is 14.0 Å². The van der Waals surface area contributed by atoms with Gasteiger partial charge in [0.2, 0.25) is 0 Å². The molecule has 0 radical (unpaired) electrons. The van der Waals surface area contributed by atoms with Crippen LogP contribution in [0.4, 0.5) is 4.39 Å². The van der Waals surface area contributed by atoms with Gasteiger partial charge in [0.1, 0.15) is 17.3 Å². The van der Waals surface area contributed by atoms with Gasteiger partial charge in [-0.15, -0.1) is 0 Å². The molecule has 0 aliphatic rings. The first-order chi connectivity index (χ1) is 11.6. The molecule has 0 saturated carbocycles. The van der Waals surface area contributed by atoms with Gasteiger partial charge in [0, 0.05) is 44.6 Å². The number of nitrogens with zero attached hydrogens (tertiary/aromatic N) is 1. The van der Waals surface area contributed by atoms with E-state index in [4.69, 9.17) is 9.26 Å². The highest BCUT2D eigenvalue weighted by Gasteiger charge is 2.14. The molecule has 0 N–H and O–H groups in total. The van der Waals surface area contributed by atoms with E-state index in [0.717, 1.165) is 0 Å². The summed E-state index contributed by atoms with van der Waals surface area (Å²) >= 11 is 0. The van der Waals surface area contributed by atoms with Crippen molar-refractivity contribution in [1.29, 1.82) is 0 Å². The van der Waals surface area contributed by atoms with Gasteiger partial charge < -0.3 is 9.26 Å². The van der Waals surface area contributed by atoms with E-state index >= 15 is 0 Å². The summed E-state index contributed by atoms with van der Waals surface area (Å²) in [5.74, 6) is 0.0301. The molecule has 1 heterocycles. The van der Waals surface area contributed by atoms with E-state index in [-0.39, 0.29) is 29.5 Å². The second-order valence-corrected chi connectivity index (χ2v) is 5.50. The van der Waals surface area contributed by atoms with Crippen molar-refractivity contribution in [1.82, 2.24) is 5.16 Å². The average molecular weight is 333 g/mol. The van der Waals surface area contributed by atoms with Crippen molar-refractivity contribution >= 4 is 11.6 Å². The molecule has 128 valence electrons. The molecular formula is C18H20FNO4. The van der Waals surface area contributed by atoms with Crippen LogP contribution in [0.15, 0.2) is 34.9 Å². The highest BCUT2D eigenvalue weighted by molar-refractivity contribution is 5.95. The standard InChI is InChI=1S/C18H20FNO4/c1-23-11-3-5-15(21)4-2-6-17(22)16-12-18(24-20-16)13-7-9-14(19)10-8-13/h7-10,12H,2-6,11H2,1H3. The van der Waals surface area contributed by atoms with Gasteiger partial charge in [0.25, 0.3) is 0 Å². The quantitative estimate of drug-likeness (QED) is 0.488. The molecule has 0 aliphatic heterocycles. The second kappa shape index (κ2) is 9.08. The van der Waals surface area contributed by atoms with Gasteiger partial charge in [0.05, 0.1) is 0 Å². The molecule has 2 rings (SSSR count). The smallest absolute Gasteiger partial charge is 0.184 e. The molecule has 0 atom stereocenters. The van der Waals surface area contributed by atoms with Crippen molar-refractivity contribution in [2.75, 3.05) is 13.7 Å². The molecule has 0 fully saturated rings. The van der Waals surface area contributed by atoms with E-state index in [2.05, 4.69) is 5.16 Å². The highest BCUT2D eigenvalue weighted by Crippen LogP contribution is 2.21. The van der Waals surface area contributed by atoms with Crippen molar-refractivity contribution in [3.05, 3.63) is 41.8 Å². The Morgan fingerprint density at radius 1 is 1.12 bits per heavy atom. The first-order valence-electron chi connectivity index (χ1n) is 7.86. The van der Waals surface area contributed by atoms with E-state index in [0.29, 0.717) is 43.6 Å². The summed E-state index contributed by atoms with van der Waals surface area (Å²) in [5.41, 5.74) is 0.873. The minimum Gasteiger partial charge on any atom is -0.385 e. The summed E-state index contributed by atoms with van der Waals surface area (Å²) in [6.45, 7) is 0.565. The molecule has 1 aromatic carbocycles. The minimum atomic E-state index is -0.343. The van der Waals surface area contributed by atoms with Gasteiger partial charge in [-0.2, -0.15) is 0 Å². The third-order valence-corrected chi connectivity index (χ3v) is 3.59. The van der Waals surface area contributed by atoms with Gasteiger partial charge in [0.15, 0.2) is 11.5 Å². The normalized spacial score (nSPS) is 10.8. The summed E-state index contributed by atoms with van der Waals surface area (Å²) in [6, 6.07) is 7.28. The Hall–Kier alpha value is -2.34. The first kappa shape index (κ1) is 18.0. The van der Waals surface area contributed by atoms with Crippen LogP contribution in [0, 0.1) is 5.82 Å². The maximum atomic E-state index is 12.9. The number of hydrogen-bond donors (Lipinski definition) is 0. The number of rotatable bonds is 10. The van der Waals surface area contributed by atoms with Crippen molar-refractivity contribution in [2.24, 2.45) is 0 Å². The number of halogens is 1. The first-order valence-corrected chi connectivity index (χ1v) is 7.86. The third-order valence-electron chi connectivity index (χ3n) is 3.59. The zero-order chi connectivity index (χ0) is 17.4. The molecule has 0 unspecified atom stereocenters. The lowest BCUT2D eigenvalue weighted by atomic mass is 10.1. The molecule has 0 saturated heterocycles. The van der Waals surface area contributed by atoms with Gasteiger partial charge in [-0.1, -0.05) is 5.16 Å². The van der Waals surface area contributed by atoms with Crippen LogP contribution in [0.1, 0.15) is 42.6 Å².